The Bertz CT molecular complexity index is 5650. The fourth-order valence-electron chi connectivity index (χ4n) is 12.2. The van der Waals surface area contributed by atoms with Crippen molar-refractivity contribution >= 4 is 80.2 Å². The number of amides is 8. The van der Waals surface area contributed by atoms with Gasteiger partial charge in [0.1, 0.15) is 23.0 Å². The summed E-state index contributed by atoms with van der Waals surface area (Å²) in [5, 5.41) is 0.493. The van der Waals surface area contributed by atoms with E-state index in [1.807, 2.05) is 81.4 Å². The van der Waals surface area contributed by atoms with E-state index in [0.717, 1.165) is 40.5 Å². The third-order valence-corrected chi connectivity index (χ3v) is 17.7. The summed E-state index contributed by atoms with van der Waals surface area (Å²) in [6, 6.07) is 58.5. The van der Waals surface area contributed by atoms with E-state index >= 15 is 0 Å². The molecule has 4 aliphatic heterocycles. The molecule has 12 aromatic rings. The molecule has 16 rings (SSSR count). The SMILES string of the molecule is Cc1ccc(N2C(=O)c3ccc(-c4ccc5c(c4)C(=O)N(C)C5=O)cc3C2=O)cc1.Cc1ccc(Oc2ccc(-n3c(=O)c4cc5c(=O)n(C)c(=O)c5cc4c3=O)cc2)cc1.Cc1ccc(Oc2ccc(N3C(=O)c4ccc(-c5ccc6c(c5)C(=O)N(C)C6=O)cc4C3=O)cc2)cc1. The lowest BCUT2D eigenvalue weighted by atomic mass is 9.97. The largest absolute Gasteiger partial charge is 0.457 e. The highest BCUT2D eigenvalue weighted by molar-refractivity contribution is 6.36. The molecule has 0 unspecified atom stereocenters. The molecule has 0 bridgehead atoms. The second kappa shape index (κ2) is 23.9. The van der Waals surface area contributed by atoms with Crippen LogP contribution in [0.25, 0.3) is 49.5 Å². The predicted octanol–water partition coefficient (Wildman–Crippen LogP) is 11.7. The summed E-state index contributed by atoms with van der Waals surface area (Å²) in [5.41, 5.74) is 7.93. The van der Waals surface area contributed by atoms with Gasteiger partial charge in [-0.05, 0) is 189 Å². The Morgan fingerprint density at radius 2 is 0.490 bits per heavy atom. The summed E-state index contributed by atoms with van der Waals surface area (Å²) in [5.74, 6) is -0.457. The van der Waals surface area contributed by atoms with Gasteiger partial charge in [0.05, 0.1) is 83.1 Å². The van der Waals surface area contributed by atoms with Crippen molar-refractivity contribution in [1.82, 2.24) is 18.9 Å². The smallest absolute Gasteiger partial charge is 0.266 e. The third kappa shape index (κ3) is 10.5. The number of anilines is 2. The molecule has 8 amide bonds. The number of aryl methyl sites for hydroxylation is 3. The van der Waals surface area contributed by atoms with E-state index in [1.165, 1.54) is 38.2 Å². The van der Waals surface area contributed by atoms with Crippen molar-refractivity contribution in [2.24, 2.45) is 7.05 Å². The van der Waals surface area contributed by atoms with Gasteiger partial charge in [-0.25, -0.2) is 14.4 Å². The molecule has 20 nitrogen and oxygen atoms in total. The third-order valence-electron chi connectivity index (χ3n) is 17.7. The van der Waals surface area contributed by atoms with Crippen LogP contribution in [-0.2, 0) is 7.05 Å². The number of carbonyl (C=O) groups is 8. The highest BCUT2D eigenvalue weighted by atomic mass is 16.5. The Morgan fingerprint density at radius 1 is 0.245 bits per heavy atom. The fraction of sp³-hybridized carbons (Fsp3) is 0.0769. The maximum absolute atomic E-state index is 13.3. The summed E-state index contributed by atoms with van der Waals surface area (Å²) < 4.78 is 13.6. The zero-order valence-corrected chi connectivity index (χ0v) is 53.0. The van der Waals surface area contributed by atoms with Gasteiger partial charge in [0.15, 0.2) is 0 Å². The minimum atomic E-state index is -0.537. The number of imide groups is 4. The van der Waals surface area contributed by atoms with Gasteiger partial charge in [0.25, 0.3) is 69.5 Å². The maximum Gasteiger partial charge on any atom is 0.266 e. The summed E-state index contributed by atoms with van der Waals surface area (Å²) in [7, 11) is 4.26. The topological polar surface area (TPSA) is 246 Å². The lowest BCUT2D eigenvalue weighted by Gasteiger charge is -2.14. The molecule has 2 aromatic heterocycles. The molecule has 98 heavy (non-hydrogen) atoms. The van der Waals surface area contributed by atoms with Gasteiger partial charge in [-0.1, -0.05) is 77.4 Å². The van der Waals surface area contributed by atoms with Gasteiger partial charge in [0, 0.05) is 21.1 Å². The predicted molar refractivity (Wildman–Crippen MR) is 366 cm³/mol. The normalized spacial score (nSPS) is 13.7. The van der Waals surface area contributed by atoms with E-state index in [0.29, 0.717) is 101 Å². The average molecular weight is 1300 g/mol. The zero-order valence-electron chi connectivity index (χ0n) is 53.0. The van der Waals surface area contributed by atoms with Gasteiger partial charge in [-0.15, -0.1) is 0 Å². The van der Waals surface area contributed by atoms with Crippen molar-refractivity contribution in [1.29, 1.82) is 0 Å². The number of rotatable bonds is 9. The number of carbonyl (C=O) groups excluding carboxylic acids is 8. The van der Waals surface area contributed by atoms with Crippen molar-refractivity contribution in [3.63, 3.8) is 0 Å². The van der Waals surface area contributed by atoms with Crippen LogP contribution in [0.4, 0.5) is 11.4 Å². The fourth-order valence-corrected chi connectivity index (χ4v) is 12.2. The minimum absolute atomic E-state index is 0.111. The molecule has 0 atom stereocenters. The second-order valence-electron chi connectivity index (χ2n) is 24.0. The molecule has 0 aliphatic carbocycles. The highest BCUT2D eigenvalue weighted by Gasteiger charge is 2.40. The maximum atomic E-state index is 13.3. The first-order chi connectivity index (χ1) is 47.0. The number of fused-ring (bicyclic) bond motifs is 6. The van der Waals surface area contributed by atoms with Gasteiger partial charge in [-0.3, -0.25) is 71.9 Å². The number of hydrogen-bond donors (Lipinski definition) is 0. The molecule has 0 fully saturated rings. The molecule has 0 spiro atoms. The van der Waals surface area contributed by atoms with E-state index in [-0.39, 0.29) is 62.6 Å². The molecule has 0 radical (unpaired) electrons. The summed E-state index contributed by atoms with van der Waals surface area (Å²) in [6.45, 7) is 5.92. The van der Waals surface area contributed by atoms with Crippen LogP contribution < -0.4 is 41.5 Å². The van der Waals surface area contributed by atoms with Crippen LogP contribution in [0.3, 0.4) is 0 Å². The van der Waals surface area contributed by atoms with Crippen LogP contribution in [-0.4, -0.2) is 80.3 Å². The minimum Gasteiger partial charge on any atom is -0.457 e. The van der Waals surface area contributed by atoms with E-state index in [4.69, 9.17) is 9.47 Å². The van der Waals surface area contributed by atoms with E-state index in [2.05, 4.69) is 0 Å². The lowest BCUT2D eigenvalue weighted by Crippen LogP contribution is -2.29. The molecular weight excluding hydrogens is 1240 g/mol. The van der Waals surface area contributed by atoms with Crippen molar-refractivity contribution < 1.29 is 47.8 Å². The monoisotopic (exact) mass is 1300 g/mol. The second-order valence-corrected chi connectivity index (χ2v) is 24.0. The molecule has 0 N–H and O–H groups in total. The summed E-state index contributed by atoms with van der Waals surface area (Å²) in [4.78, 5) is 156. The standard InChI is InChI=1S/C30H20N2O5.C24H16N2O5.C24H16N2O4/c1-17-3-9-21(10-4-17)37-22-11-7-20(8-12-22)32-29(35)24-14-6-19(16-26(24)30(32)36)18-5-13-23-25(15-18)28(34)31(2)27(23)33;1-13-3-7-15(8-4-13)31-16-9-5-14(6-10-16)26-23(29)19-11-17-18(12-20(19)24(26)30)22(28)25(2)21(17)27;1-13-3-7-16(8-4-13)26-23(29)18-10-6-15(12-20(18)24(26)30)14-5-9-17-19(11-14)22(28)25(2)21(17)27/h3-16H,1-2H3;3-12H,1-2H3;3-12H,1-2H3. The Hall–Kier alpha value is -13.4. The molecule has 20 heteroatoms. The molecule has 478 valence electrons. The first kappa shape index (κ1) is 62.1. The van der Waals surface area contributed by atoms with Gasteiger partial charge >= 0.3 is 0 Å². The molecular formula is C78H52N6O14. The first-order valence-electron chi connectivity index (χ1n) is 30.7. The molecule has 6 heterocycles. The quantitative estimate of drug-likeness (QED) is 0.122. The van der Waals surface area contributed by atoms with Crippen molar-refractivity contribution in [3.8, 4) is 50.9 Å². The lowest BCUT2D eigenvalue weighted by molar-refractivity contribution is 0.0678. The zero-order chi connectivity index (χ0) is 68.9. The van der Waals surface area contributed by atoms with Crippen LogP contribution in [0.2, 0.25) is 0 Å². The Kier molecular flexibility index (Phi) is 15.1. The van der Waals surface area contributed by atoms with E-state index in [9.17, 15) is 57.5 Å². The summed E-state index contributed by atoms with van der Waals surface area (Å²) >= 11 is 0. The van der Waals surface area contributed by atoms with Crippen molar-refractivity contribution in [2.75, 3.05) is 23.9 Å². The highest BCUT2D eigenvalue weighted by Crippen LogP contribution is 2.37. The number of ether oxygens (including phenoxy) is 2. The molecule has 4 aliphatic rings. The molecule has 0 saturated heterocycles. The van der Waals surface area contributed by atoms with Crippen LogP contribution in [0.1, 0.15) is 99.6 Å². The number of aromatic nitrogens is 2. The van der Waals surface area contributed by atoms with Crippen LogP contribution in [0.5, 0.6) is 23.0 Å². The van der Waals surface area contributed by atoms with Gasteiger partial charge < -0.3 is 9.47 Å². The number of hydrogen-bond acceptors (Lipinski definition) is 14. The van der Waals surface area contributed by atoms with Crippen LogP contribution in [0.15, 0.2) is 225 Å². The van der Waals surface area contributed by atoms with Gasteiger partial charge in [-0.2, -0.15) is 0 Å². The Balaban J connectivity index is 0.000000127. The molecule has 0 saturated carbocycles. The number of nitrogens with zero attached hydrogens (tertiary/aromatic N) is 6. The van der Waals surface area contributed by atoms with Crippen LogP contribution in [0, 0.1) is 20.8 Å². The number of benzene rings is 10. The Morgan fingerprint density at radius 3 is 0.827 bits per heavy atom. The van der Waals surface area contributed by atoms with Crippen LogP contribution >= 0.6 is 0 Å². The Labute approximate surface area is 555 Å². The van der Waals surface area contributed by atoms with E-state index in [1.54, 1.807) is 133 Å². The first-order valence-corrected chi connectivity index (χ1v) is 30.7. The average Bonchev–Trinajstić information content (AvgIpc) is 1.62. The van der Waals surface area contributed by atoms with Crippen molar-refractivity contribution in [3.05, 3.63) is 309 Å². The summed E-state index contributed by atoms with van der Waals surface area (Å²) in [6.07, 6.45) is 0. The van der Waals surface area contributed by atoms with E-state index < -0.39 is 34.1 Å². The molecule has 10 aromatic carbocycles. The van der Waals surface area contributed by atoms with Crippen molar-refractivity contribution in [2.45, 2.75) is 20.8 Å². The van der Waals surface area contributed by atoms with Gasteiger partial charge in [0.2, 0.25) is 0 Å².